The van der Waals surface area contributed by atoms with Crippen LogP contribution in [-0.4, -0.2) is 37.1 Å². The van der Waals surface area contributed by atoms with Crippen LogP contribution in [0.4, 0.5) is 5.82 Å². The molecule has 1 aliphatic heterocycles. The number of pyridine rings is 1. The number of anilines is 1. The minimum Gasteiger partial charge on any atom is -0.357 e. The van der Waals surface area contributed by atoms with Crippen LogP contribution in [0.3, 0.4) is 0 Å². The van der Waals surface area contributed by atoms with Gasteiger partial charge in [0.15, 0.2) is 5.96 Å². The lowest BCUT2D eigenvalue weighted by Gasteiger charge is -2.19. The third-order valence-corrected chi connectivity index (χ3v) is 5.84. The highest BCUT2D eigenvalue weighted by atomic mass is 127. The van der Waals surface area contributed by atoms with E-state index in [-0.39, 0.29) is 29.4 Å². The standard InChI is InChI=1S/C23H31N5.HI/c1-2-24-22(27-18-23(12-13-23)20-8-4-3-5-9-20)26-17-19-10-11-21(25-16-19)28-14-6-7-15-28;/h3-5,8-11,16H,2,6-7,12-15,17-18H2,1H3,(H2,24,26,27);1H. The summed E-state index contributed by atoms with van der Waals surface area (Å²) in [5.41, 5.74) is 2.85. The molecular weight excluding hydrogens is 473 g/mol. The topological polar surface area (TPSA) is 52.6 Å². The molecule has 0 amide bonds. The number of aromatic nitrogens is 1. The fourth-order valence-corrected chi connectivity index (χ4v) is 3.92. The van der Waals surface area contributed by atoms with E-state index in [4.69, 9.17) is 4.99 Å². The van der Waals surface area contributed by atoms with E-state index < -0.39 is 0 Å². The number of guanidine groups is 1. The molecular formula is C23H32IN5. The van der Waals surface area contributed by atoms with Crippen LogP contribution < -0.4 is 15.5 Å². The van der Waals surface area contributed by atoms with Crippen molar-refractivity contribution in [2.45, 2.75) is 44.6 Å². The fourth-order valence-electron chi connectivity index (χ4n) is 3.92. The summed E-state index contributed by atoms with van der Waals surface area (Å²) in [6, 6.07) is 15.1. The van der Waals surface area contributed by atoms with E-state index in [0.29, 0.717) is 6.54 Å². The van der Waals surface area contributed by atoms with Crippen LogP contribution in [-0.2, 0) is 12.0 Å². The van der Waals surface area contributed by atoms with E-state index in [2.05, 4.69) is 69.9 Å². The number of benzene rings is 1. The van der Waals surface area contributed by atoms with Gasteiger partial charge in [0, 0.05) is 37.8 Å². The van der Waals surface area contributed by atoms with Crippen LogP contribution in [0.25, 0.3) is 0 Å². The van der Waals surface area contributed by atoms with E-state index >= 15 is 0 Å². The highest BCUT2D eigenvalue weighted by Gasteiger charge is 2.43. The average Bonchev–Trinajstić information content (AvgIpc) is 3.34. The molecule has 6 heteroatoms. The van der Waals surface area contributed by atoms with Gasteiger partial charge in [-0.05, 0) is 49.8 Å². The number of rotatable bonds is 7. The lowest BCUT2D eigenvalue weighted by atomic mass is 9.96. The highest BCUT2D eigenvalue weighted by molar-refractivity contribution is 14.0. The van der Waals surface area contributed by atoms with Crippen LogP contribution in [0.1, 0.15) is 43.7 Å². The number of aliphatic imine (C=N–C) groups is 1. The van der Waals surface area contributed by atoms with Gasteiger partial charge in [-0.15, -0.1) is 24.0 Å². The number of hydrogen-bond acceptors (Lipinski definition) is 3. The van der Waals surface area contributed by atoms with Crippen molar-refractivity contribution < 1.29 is 0 Å². The summed E-state index contributed by atoms with van der Waals surface area (Å²) in [6.45, 7) is 6.78. The summed E-state index contributed by atoms with van der Waals surface area (Å²) in [5.74, 6) is 1.97. The van der Waals surface area contributed by atoms with Gasteiger partial charge in [-0.1, -0.05) is 36.4 Å². The lowest BCUT2D eigenvalue weighted by Crippen LogP contribution is -2.41. The molecule has 5 nitrogen and oxygen atoms in total. The Balaban J connectivity index is 0.00000240. The quantitative estimate of drug-likeness (QED) is 0.338. The van der Waals surface area contributed by atoms with Crippen molar-refractivity contribution in [3.8, 4) is 0 Å². The average molecular weight is 505 g/mol. The predicted octanol–water partition coefficient (Wildman–Crippen LogP) is 4.09. The van der Waals surface area contributed by atoms with Crippen LogP contribution in [0.5, 0.6) is 0 Å². The van der Waals surface area contributed by atoms with Crippen molar-refractivity contribution in [1.82, 2.24) is 15.6 Å². The molecule has 29 heavy (non-hydrogen) atoms. The molecule has 0 radical (unpaired) electrons. The lowest BCUT2D eigenvalue weighted by molar-refractivity contribution is 0.646. The monoisotopic (exact) mass is 505 g/mol. The van der Waals surface area contributed by atoms with Gasteiger partial charge in [0.25, 0.3) is 0 Å². The smallest absolute Gasteiger partial charge is 0.191 e. The molecule has 1 aromatic heterocycles. The summed E-state index contributed by atoms with van der Waals surface area (Å²) in [4.78, 5) is 11.8. The Morgan fingerprint density at radius 3 is 2.45 bits per heavy atom. The number of hydrogen-bond donors (Lipinski definition) is 2. The molecule has 2 aromatic rings. The molecule has 1 aromatic carbocycles. The third kappa shape index (κ3) is 5.62. The zero-order valence-electron chi connectivity index (χ0n) is 17.2. The molecule has 0 spiro atoms. The Morgan fingerprint density at radius 2 is 1.83 bits per heavy atom. The maximum atomic E-state index is 4.78. The second-order valence-electron chi connectivity index (χ2n) is 7.91. The summed E-state index contributed by atoms with van der Waals surface area (Å²) in [7, 11) is 0. The van der Waals surface area contributed by atoms with E-state index in [1.165, 1.54) is 31.2 Å². The van der Waals surface area contributed by atoms with Crippen molar-refractivity contribution in [1.29, 1.82) is 0 Å². The molecule has 1 aliphatic carbocycles. The first-order valence-corrected chi connectivity index (χ1v) is 10.6. The van der Waals surface area contributed by atoms with Gasteiger partial charge in [-0.2, -0.15) is 0 Å². The van der Waals surface area contributed by atoms with Gasteiger partial charge in [-0.3, -0.25) is 0 Å². The van der Waals surface area contributed by atoms with E-state index in [1.807, 2.05) is 6.20 Å². The van der Waals surface area contributed by atoms with Crippen LogP contribution >= 0.6 is 24.0 Å². The largest absolute Gasteiger partial charge is 0.357 e. The Hall–Kier alpha value is -1.83. The van der Waals surface area contributed by atoms with Crippen molar-refractivity contribution in [3.05, 3.63) is 59.8 Å². The summed E-state index contributed by atoms with van der Waals surface area (Å²) < 4.78 is 0. The summed E-state index contributed by atoms with van der Waals surface area (Å²) in [6.07, 6.45) is 7.00. The second kappa shape index (κ2) is 10.3. The molecule has 2 aliphatic rings. The van der Waals surface area contributed by atoms with Crippen molar-refractivity contribution >= 4 is 35.8 Å². The van der Waals surface area contributed by atoms with E-state index in [0.717, 1.165) is 43.5 Å². The molecule has 2 fully saturated rings. The van der Waals surface area contributed by atoms with Crippen molar-refractivity contribution in [2.75, 3.05) is 31.1 Å². The minimum atomic E-state index is 0. The van der Waals surface area contributed by atoms with Crippen LogP contribution in [0.2, 0.25) is 0 Å². The van der Waals surface area contributed by atoms with Crippen LogP contribution in [0.15, 0.2) is 53.7 Å². The molecule has 156 valence electrons. The molecule has 1 saturated heterocycles. The minimum absolute atomic E-state index is 0. The van der Waals surface area contributed by atoms with Gasteiger partial charge in [0.05, 0.1) is 6.54 Å². The van der Waals surface area contributed by atoms with E-state index in [1.54, 1.807) is 0 Å². The molecule has 0 bridgehead atoms. The SMILES string of the molecule is CCNC(=NCc1ccc(N2CCCC2)nc1)NCC1(c2ccccc2)CC1.I. The molecule has 4 rings (SSSR count). The number of nitrogens with one attached hydrogen (secondary N) is 2. The van der Waals surface area contributed by atoms with Gasteiger partial charge in [0.2, 0.25) is 0 Å². The van der Waals surface area contributed by atoms with E-state index in [9.17, 15) is 0 Å². The summed E-state index contributed by atoms with van der Waals surface area (Å²) >= 11 is 0. The molecule has 1 saturated carbocycles. The number of halogens is 1. The van der Waals surface area contributed by atoms with Crippen molar-refractivity contribution in [2.24, 2.45) is 4.99 Å². The predicted molar refractivity (Wildman–Crippen MR) is 131 cm³/mol. The van der Waals surface area contributed by atoms with Crippen molar-refractivity contribution in [3.63, 3.8) is 0 Å². The Bertz CT molecular complexity index is 781. The normalized spacial score (nSPS) is 17.6. The van der Waals surface area contributed by atoms with Gasteiger partial charge >= 0.3 is 0 Å². The molecule has 0 unspecified atom stereocenters. The Kier molecular flexibility index (Phi) is 7.75. The Labute approximate surface area is 191 Å². The van der Waals surface area contributed by atoms with Crippen LogP contribution in [0, 0.1) is 0 Å². The number of nitrogens with zero attached hydrogens (tertiary/aromatic N) is 3. The van der Waals surface area contributed by atoms with Gasteiger partial charge in [-0.25, -0.2) is 9.98 Å². The first-order chi connectivity index (χ1) is 13.8. The second-order valence-corrected chi connectivity index (χ2v) is 7.91. The molecule has 2 N–H and O–H groups in total. The maximum absolute atomic E-state index is 4.78. The molecule has 2 heterocycles. The Morgan fingerprint density at radius 1 is 1.07 bits per heavy atom. The van der Waals surface area contributed by atoms with Gasteiger partial charge in [0.1, 0.15) is 5.82 Å². The third-order valence-electron chi connectivity index (χ3n) is 5.84. The highest BCUT2D eigenvalue weighted by Crippen LogP contribution is 2.47. The van der Waals surface area contributed by atoms with Gasteiger partial charge < -0.3 is 15.5 Å². The summed E-state index contributed by atoms with van der Waals surface area (Å²) in [5, 5.41) is 6.93. The zero-order valence-corrected chi connectivity index (χ0v) is 19.6. The fraction of sp³-hybridized carbons (Fsp3) is 0.478. The first-order valence-electron chi connectivity index (χ1n) is 10.6. The molecule has 0 atom stereocenters. The maximum Gasteiger partial charge on any atom is 0.191 e. The zero-order chi connectivity index (χ0) is 19.2. The first kappa shape index (κ1) is 21.9.